The molecule has 40 heavy (non-hydrogen) atoms. The predicted molar refractivity (Wildman–Crippen MR) is 156 cm³/mol. The Hall–Kier alpha value is -3.69. The highest BCUT2D eigenvalue weighted by atomic mass is 35.5. The van der Waals surface area contributed by atoms with Crippen molar-refractivity contribution in [3.05, 3.63) is 105 Å². The molecule has 8 nitrogen and oxygen atoms in total. The van der Waals surface area contributed by atoms with Crippen LogP contribution in [0.2, 0.25) is 10.0 Å². The van der Waals surface area contributed by atoms with E-state index < -0.39 is 0 Å². The lowest BCUT2D eigenvalue weighted by Gasteiger charge is -2.26. The molecular formula is C30H27Cl2N5O3. The van der Waals surface area contributed by atoms with E-state index in [9.17, 15) is 4.79 Å². The van der Waals surface area contributed by atoms with Gasteiger partial charge in [0.2, 0.25) is 0 Å². The fourth-order valence-corrected chi connectivity index (χ4v) is 5.05. The second-order valence-corrected chi connectivity index (χ2v) is 10.4. The molecule has 6 rings (SSSR count). The number of aromatic nitrogens is 4. The Morgan fingerprint density at radius 1 is 0.850 bits per heavy atom. The molecule has 1 saturated heterocycles. The first-order valence-corrected chi connectivity index (χ1v) is 13.8. The van der Waals surface area contributed by atoms with Crippen molar-refractivity contribution in [1.82, 2.24) is 24.3 Å². The van der Waals surface area contributed by atoms with Crippen molar-refractivity contribution in [2.24, 2.45) is 0 Å². The van der Waals surface area contributed by atoms with Gasteiger partial charge in [-0.15, -0.1) is 5.10 Å². The molecule has 5 aromatic rings. The first-order chi connectivity index (χ1) is 19.5. The maximum absolute atomic E-state index is 13.3. The molecule has 1 aliphatic heterocycles. The summed E-state index contributed by atoms with van der Waals surface area (Å²) in [6.45, 7) is 5.19. The summed E-state index contributed by atoms with van der Waals surface area (Å²) in [4.78, 5) is 15.7. The average Bonchev–Trinajstić information content (AvgIpc) is 3.30. The molecule has 0 bridgehead atoms. The van der Waals surface area contributed by atoms with Crippen LogP contribution in [0.15, 0.2) is 83.8 Å². The smallest absolute Gasteiger partial charge is 0.367 e. The molecule has 1 fully saturated rings. The van der Waals surface area contributed by atoms with Crippen molar-refractivity contribution in [2.75, 3.05) is 39.5 Å². The molecule has 0 radical (unpaired) electrons. The largest absolute Gasteiger partial charge is 0.492 e. The molecule has 204 valence electrons. The van der Waals surface area contributed by atoms with Gasteiger partial charge in [-0.2, -0.15) is 9.61 Å². The van der Waals surface area contributed by atoms with Crippen molar-refractivity contribution < 1.29 is 9.47 Å². The van der Waals surface area contributed by atoms with Gasteiger partial charge in [-0.05, 0) is 53.1 Å². The third-order valence-electron chi connectivity index (χ3n) is 6.94. The van der Waals surface area contributed by atoms with Gasteiger partial charge in [0, 0.05) is 40.8 Å². The summed E-state index contributed by atoms with van der Waals surface area (Å²) in [5.41, 5.74) is 4.47. The van der Waals surface area contributed by atoms with E-state index in [-0.39, 0.29) is 5.69 Å². The summed E-state index contributed by atoms with van der Waals surface area (Å²) >= 11 is 12.3. The Balaban J connectivity index is 1.28. The van der Waals surface area contributed by atoms with Crippen molar-refractivity contribution in [2.45, 2.75) is 6.54 Å². The first-order valence-electron chi connectivity index (χ1n) is 13.1. The molecule has 3 heterocycles. The summed E-state index contributed by atoms with van der Waals surface area (Å²) in [7, 11) is 0. The van der Waals surface area contributed by atoms with Crippen LogP contribution in [-0.4, -0.2) is 63.7 Å². The van der Waals surface area contributed by atoms with Gasteiger partial charge in [0.25, 0.3) is 0 Å². The molecular weight excluding hydrogens is 549 g/mol. The SMILES string of the molecule is O=c1n(Cc2ccc(OCCN3CCOCC3)cc2)nc2c(-c3ccc(Cl)cc3)c(-c3ccc(Cl)cc3)cnn12. The lowest BCUT2D eigenvalue weighted by molar-refractivity contribution is 0.0322. The first kappa shape index (κ1) is 26.5. The van der Waals surface area contributed by atoms with Crippen LogP contribution in [0.3, 0.4) is 0 Å². The van der Waals surface area contributed by atoms with Gasteiger partial charge in [-0.1, -0.05) is 59.6 Å². The van der Waals surface area contributed by atoms with Crippen molar-refractivity contribution >= 4 is 28.8 Å². The summed E-state index contributed by atoms with van der Waals surface area (Å²) in [5, 5.41) is 10.5. The second kappa shape index (κ2) is 11.8. The number of halogens is 2. The van der Waals surface area contributed by atoms with Gasteiger partial charge < -0.3 is 9.47 Å². The van der Waals surface area contributed by atoms with Crippen LogP contribution < -0.4 is 10.4 Å². The Morgan fingerprint density at radius 3 is 2.17 bits per heavy atom. The molecule has 0 aliphatic carbocycles. The normalized spacial score (nSPS) is 14.1. The highest BCUT2D eigenvalue weighted by molar-refractivity contribution is 6.31. The number of benzene rings is 3. The fourth-order valence-electron chi connectivity index (χ4n) is 4.79. The number of rotatable bonds is 8. The second-order valence-electron chi connectivity index (χ2n) is 9.57. The molecule has 1 aliphatic rings. The number of hydrogen-bond donors (Lipinski definition) is 0. The van der Waals surface area contributed by atoms with Gasteiger partial charge in [0.05, 0.1) is 26.0 Å². The van der Waals surface area contributed by atoms with E-state index in [4.69, 9.17) is 37.8 Å². The molecule has 3 aromatic carbocycles. The van der Waals surface area contributed by atoms with Gasteiger partial charge in [0.15, 0.2) is 5.65 Å². The highest BCUT2D eigenvalue weighted by Crippen LogP contribution is 2.35. The maximum Gasteiger partial charge on any atom is 0.367 e. The van der Waals surface area contributed by atoms with E-state index in [0.717, 1.165) is 66.4 Å². The Kier molecular flexibility index (Phi) is 7.84. The number of hydrogen-bond acceptors (Lipinski definition) is 6. The Morgan fingerprint density at radius 2 is 1.50 bits per heavy atom. The topological polar surface area (TPSA) is 73.9 Å². The predicted octanol–water partition coefficient (Wildman–Crippen LogP) is 5.29. The van der Waals surface area contributed by atoms with Crippen LogP contribution in [0, 0.1) is 0 Å². The van der Waals surface area contributed by atoms with Gasteiger partial charge >= 0.3 is 5.69 Å². The monoisotopic (exact) mass is 575 g/mol. The number of morpholine rings is 1. The maximum atomic E-state index is 13.3. The quantitative estimate of drug-likeness (QED) is 0.250. The number of fused-ring (bicyclic) bond motifs is 1. The third kappa shape index (κ3) is 5.76. The zero-order valence-corrected chi connectivity index (χ0v) is 23.2. The van der Waals surface area contributed by atoms with E-state index in [1.807, 2.05) is 72.8 Å². The lowest BCUT2D eigenvalue weighted by atomic mass is 9.97. The van der Waals surface area contributed by atoms with Gasteiger partial charge in [-0.25, -0.2) is 9.48 Å². The Labute approximate surface area is 241 Å². The van der Waals surface area contributed by atoms with Crippen LogP contribution in [0.5, 0.6) is 5.75 Å². The number of nitrogens with zero attached hydrogens (tertiary/aromatic N) is 5. The zero-order valence-electron chi connectivity index (χ0n) is 21.7. The van der Waals surface area contributed by atoms with E-state index in [1.165, 1.54) is 9.20 Å². The molecule has 2 aromatic heterocycles. The Bertz CT molecular complexity index is 1660. The molecule has 10 heteroatoms. The summed E-state index contributed by atoms with van der Waals surface area (Å²) < 4.78 is 14.1. The van der Waals surface area contributed by atoms with E-state index in [1.54, 1.807) is 6.20 Å². The average molecular weight is 576 g/mol. The van der Waals surface area contributed by atoms with Gasteiger partial charge in [0.1, 0.15) is 12.4 Å². The van der Waals surface area contributed by atoms with Crippen LogP contribution in [0.25, 0.3) is 27.9 Å². The van der Waals surface area contributed by atoms with Crippen LogP contribution >= 0.6 is 23.2 Å². The van der Waals surface area contributed by atoms with Crippen molar-refractivity contribution in [3.63, 3.8) is 0 Å². The highest BCUT2D eigenvalue weighted by Gasteiger charge is 2.19. The minimum atomic E-state index is -0.321. The van der Waals surface area contributed by atoms with E-state index in [2.05, 4.69) is 10.00 Å². The molecule has 0 N–H and O–H groups in total. The molecule has 0 unspecified atom stereocenters. The third-order valence-corrected chi connectivity index (χ3v) is 7.44. The zero-order chi connectivity index (χ0) is 27.5. The summed E-state index contributed by atoms with van der Waals surface area (Å²) in [5.74, 6) is 0.790. The minimum Gasteiger partial charge on any atom is -0.492 e. The molecule has 0 amide bonds. The fraction of sp³-hybridized carbons (Fsp3) is 0.233. The van der Waals surface area contributed by atoms with E-state index >= 15 is 0 Å². The van der Waals surface area contributed by atoms with Crippen molar-refractivity contribution in [3.8, 4) is 28.0 Å². The lowest BCUT2D eigenvalue weighted by Crippen LogP contribution is -2.38. The number of ether oxygens (including phenoxy) is 2. The van der Waals surface area contributed by atoms with Crippen LogP contribution in [0.1, 0.15) is 5.56 Å². The van der Waals surface area contributed by atoms with Crippen LogP contribution in [0.4, 0.5) is 0 Å². The molecule has 0 atom stereocenters. The van der Waals surface area contributed by atoms with E-state index in [0.29, 0.717) is 28.8 Å². The minimum absolute atomic E-state index is 0.298. The standard InChI is InChI=1S/C30H27Cl2N5O3/c31-24-7-3-22(4-8-24)27-19-33-37-29(28(27)23-5-9-25(32)10-6-23)34-36(30(37)38)20-21-1-11-26(12-2-21)40-18-15-35-13-16-39-17-14-35/h1-12,19H,13-18,20H2. The molecule has 0 saturated carbocycles. The summed E-state index contributed by atoms with van der Waals surface area (Å²) in [6, 6.07) is 22.7. The van der Waals surface area contributed by atoms with Gasteiger partial charge in [-0.3, -0.25) is 4.90 Å². The molecule has 0 spiro atoms. The summed E-state index contributed by atoms with van der Waals surface area (Å²) in [6.07, 6.45) is 1.69. The van der Waals surface area contributed by atoms with Crippen molar-refractivity contribution in [1.29, 1.82) is 0 Å². The van der Waals surface area contributed by atoms with Crippen LogP contribution in [-0.2, 0) is 11.3 Å².